The zero-order valence-corrected chi connectivity index (χ0v) is 12.6. The summed E-state index contributed by atoms with van der Waals surface area (Å²) in [7, 11) is 0. The molecule has 1 N–H and O–H groups in total. The molecule has 0 aromatic heterocycles. The highest BCUT2D eigenvalue weighted by Crippen LogP contribution is 2.51. The van der Waals surface area contributed by atoms with Gasteiger partial charge in [-0.25, -0.2) is 4.39 Å². The quantitative estimate of drug-likeness (QED) is 0.865. The Morgan fingerprint density at radius 2 is 1.52 bits per heavy atom. The number of aliphatic hydroxyl groups is 1. The van der Waals surface area contributed by atoms with E-state index in [0.717, 1.165) is 5.56 Å². The summed E-state index contributed by atoms with van der Waals surface area (Å²) in [4.78, 5) is 19.3. The van der Waals surface area contributed by atoms with Crippen molar-refractivity contribution in [1.82, 2.24) is 0 Å². The van der Waals surface area contributed by atoms with Crippen LogP contribution in [-0.4, -0.2) is 17.7 Å². The van der Waals surface area contributed by atoms with Crippen LogP contribution < -0.4 is 0 Å². The molecule has 116 valence electrons. The normalized spacial score (nSPS) is 29.8. The third kappa shape index (κ3) is 3.76. The summed E-state index contributed by atoms with van der Waals surface area (Å²) < 4.78 is 12.9. The molecule has 0 radical (unpaired) electrons. The highest BCUT2D eigenvalue weighted by atomic mass is 19.1. The van der Waals surface area contributed by atoms with Crippen molar-refractivity contribution in [1.29, 1.82) is 0 Å². The first-order valence-corrected chi connectivity index (χ1v) is 7.36. The lowest BCUT2D eigenvalue weighted by Crippen LogP contribution is -2.23. The molecule has 3 atom stereocenters. The van der Waals surface area contributed by atoms with Crippen molar-refractivity contribution in [2.45, 2.75) is 45.1 Å². The molecule has 2 aliphatic carbocycles. The van der Waals surface area contributed by atoms with Crippen molar-refractivity contribution >= 4 is 12.6 Å². The number of carbonyl (C=O) groups excluding carboxylic acids is 2. The summed E-state index contributed by atoms with van der Waals surface area (Å²) >= 11 is 0. The van der Waals surface area contributed by atoms with Gasteiger partial charge in [-0.15, -0.1) is 0 Å². The van der Waals surface area contributed by atoms with E-state index in [0.29, 0.717) is 43.3 Å². The minimum atomic E-state index is -0.857. The molecule has 1 unspecified atom stereocenters. The van der Waals surface area contributed by atoms with Gasteiger partial charge in [0.25, 0.3) is 0 Å². The summed E-state index contributed by atoms with van der Waals surface area (Å²) in [5.41, 5.74) is -0.0789. The molecule has 0 spiro atoms. The van der Waals surface area contributed by atoms with Crippen molar-refractivity contribution in [2.75, 3.05) is 0 Å². The third-order valence-electron chi connectivity index (χ3n) is 4.23. The van der Waals surface area contributed by atoms with Crippen LogP contribution in [0.25, 0.3) is 0 Å². The average Bonchev–Trinajstić information content (AvgIpc) is 2.97. The minimum Gasteiger partial charge on any atom is -0.385 e. The third-order valence-corrected chi connectivity index (χ3v) is 4.23. The van der Waals surface area contributed by atoms with Crippen molar-refractivity contribution in [2.24, 2.45) is 11.8 Å². The SMILES string of the molecule is C=O.CC.O=C1C[C@@H]2CC(O)(c3ccc(F)cc3)C[C@@H]2C1. The first kappa shape index (κ1) is 17.5. The number of hydrogen-bond acceptors (Lipinski definition) is 3. The van der Waals surface area contributed by atoms with E-state index < -0.39 is 5.60 Å². The van der Waals surface area contributed by atoms with Crippen LogP contribution in [0.2, 0.25) is 0 Å². The summed E-state index contributed by atoms with van der Waals surface area (Å²) in [6, 6.07) is 6.06. The zero-order valence-electron chi connectivity index (χ0n) is 12.6. The highest BCUT2D eigenvalue weighted by molar-refractivity contribution is 5.81. The van der Waals surface area contributed by atoms with E-state index in [1.807, 2.05) is 20.6 Å². The number of Topliss-reactive ketones (excluding diaryl/α,β-unsaturated/α-hetero) is 1. The van der Waals surface area contributed by atoms with Crippen LogP contribution in [0.4, 0.5) is 4.39 Å². The molecule has 2 saturated carbocycles. The van der Waals surface area contributed by atoms with Crippen LogP contribution >= 0.6 is 0 Å². The minimum absolute atomic E-state index is 0.286. The lowest BCUT2D eigenvalue weighted by atomic mass is 9.89. The molecule has 0 bridgehead atoms. The fourth-order valence-electron chi connectivity index (χ4n) is 3.43. The molecule has 2 fully saturated rings. The Labute approximate surface area is 125 Å². The van der Waals surface area contributed by atoms with Gasteiger partial charge >= 0.3 is 0 Å². The maximum absolute atomic E-state index is 12.9. The number of fused-ring (bicyclic) bond motifs is 1. The van der Waals surface area contributed by atoms with Crippen molar-refractivity contribution in [3.8, 4) is 0 Å². The van der Waals surface area contributed by atoms with Gasteiger partial charge in [0.05, 0.1) is 5.60 Å². The van der Waals surface area contributed by atoms with Crippen molar-refractivity contribution in [3.05, 3.63) is 35.6 Å². The Kier molecular flexibility index (Phi) is 6.21. The topological polar surface area (TPSA) is 54.4 Å². The van der Waals surface area contributed by atoms with Crippen molar-refractivity contribution in [3.63, 3.8) is 0 Å². The molecule has 21 heavy (non-hydrogen) atoms. The lowest BCUT2D eigenvalue weighted by molar-refractivity contribution is -0.118. The van der Waals surface area contributed by atoms with E-state index in [1.54, 1.807) is 12.1 Å². The van der Waals surface area contributed by atoms with Gasteiger partial charge in [-0.05, 0) is 42.4 Å². The van der Waals surface area contributed by atoms with Gasteiger partial charge in [-0.1, -0.05) is 26.0 Å². The fraction of sp³-hybridized carbons (Fsp3) is 0.529. The second-order valence-electron chi connectivity index (χ2n) is 5.41. The van der Waals surface area contributed by atoms with Gasteiger partial charge in [0.15, 0.2) is 0 Å². The van der Waals surface area contributed by atoms with E-state index in [4.69, 9.17) is 4.79 Å². The van der Waals surface area contributed by atoms with Gasteiger partial charge in [0, 0.05) is 12.8 Å². The molecule has 0 aliphatic heterocycles. The summed E-state index contributed by atoms with van der Waals surface area (Å²) in [5, 5.41) is 10.6. The molecule has 4 heteroatoms. The van der Waals surface area contributed by atoms with E-state index in [-0.39, 0.29) is 5.82 Å². The summed E-state index contributed by atoms with van der Waals surface area (Å²) in [6.07, 6.45) is 2.48. The van der Waals surface area contributed by atoms with Crippen LogP contribution in [0, 0.1) is 17.7 Å². The average molecular weight is 294 g/mol. The maximum atomic E-state index is 12.9. The Morgan fingerprint density at radius 1 is 1.10 bits per heavy atom. The highest BCUT2D eigenvalue weighted by Gasteiger charge is 2.49. The number of halogens is 1. The summed E-state index contributed by atoms with van der Waals surface area (Å²) in [5.74, 6) is 0.669. The Balaban J connectivity index is 0.000000510. The van der Waals surface area contributed by atoms with E-state index in [9.17, 15) is 14.3 Å². The molecule has 3 nitrogen and oxygen atoms in total. The number of carbonyl (C=O) groups is 2. The standard InChI is InChI=1S/C14H15FO2.C2H6.CH2O/c15-12-3-1-11(2-4-12)14(17)7-9-5-13(16)6-10(9)8-14;2*1-2/h1-4,9-10,17H,5-8H2;1-2H3;1H2/t9-,10+,14?;;. The first-order valence-electron chi connectivity index (χ1n) is 7.36. The van der Waals surface area contributed by atoms with Gasteiger partial charge in [-0.2, -0.15) is 0 Å². The van der Waals surface area contributed by atoms with Crippen molar-refractivity contribution < 1.29 is 19.1 Å². The summed E-state index contributed by atoms with van der Waals surface area (Å²) in [6.45, 7) is 6.00. The van der Waals surface area contributed by atoms with Gasteiger partial charge < -0.3 is 9.90 Å². The predicted octanol–water partition coefficient (Wildman–Crippen LogP) is 3.24. The second kappa shape index (κ2) is 7.46. The van der Waals surface area contributed by atoms with Crippen LogP contribution in [0.15, 0.2) is 24.3 Å². The molecule has 3 rings (SSSR count). The molecule has 2 aliphatic rings. The second-order valence-corrected chi connectivity index (χ2v) is 5.41. The van der Waals surface area contributed by atoms with Crippen LogP contribution in [0.1, 0.15) is 45.1 Å². The predicted molar refractivity (Wildman–Crippen MR) is 79.2 cm³/mol. The molecular formula is C17H23FO3. The van der Waals surface area contributed by atoms with Crippen LogP contribution in [0.5, 0.6) is 0 Å². The first-order chi connectivity index (χ1) is 10.1. The number of benzene rings is 1. The number of hydrogen-bond donors (Lipinski definition) is 1. The Morgan fingerprint density at radius 3 is 1.95 bits per heavy atom. The largest absolute Gasteiger partial charge is 0.385 e. The molecule has 1 aromatic rings. The lowest BCUT2D eigenvalue weighted by Gasteiger charge is -2.24. The molecule has 0 heterocycles. The van der Waals surface area contributed by atoms with Gasteiger partial charge in [0.2, 0.25) is 0 Å². The molecule has 1 aromatic carbocycles. The molecule has 0 amide bonds. The zero-order chi connectivity index (χ0) is 16.0. The van der Waals surface area contributed by atoms with Crippen LogP contribution in [0.3, 0.4) is 0 Å². The monoisotopic (exact) mass is 294 g/mol. The van der Waals surface area contributed by atoms with E-state index >= 15 is 0 Å². The Hall–Kier alpha value is -1.55. The number of ketones is 1. The van der Waals surface area contributed by atoms with Crippen LogP contribution in [-0.2, 0) is 15.2 Å². The van der Waals surface area contributed by atoms with Gasteiger partial charge in [-0.3, -0.25) is 4.79 Å². The fourth-order valence-corrected chi connectivity index (χ4v) is 3.43. The van der Waals surface area contributed by atoms with Gasteiger partial charge in [0.1, 0.15) is 18.4 Å². The van der Waals surface area contributed by atoms with E-state index in [1.165, 1.54) is 12.1 Å². The Bertz CT molecular complexity index is 453. The smallest absolute Gasteiger partial charge is 0.133 e. The van der Waals surface area contributed by atoms with E-state index in [2.05, 4.69) is 0 Å². The maximum Gasteiger partial charge on any atom is 0.133 e. The number of rotatable bonds is 1. The molecular weight excluding hydrogens is 271 g/mol. The molecule has 0 saturated heterocycles.